The number of furan rings is 1. The van der Waals surface area contributed by atoms with Gasteiger partial charge in [-0.1, -0.05) is 13.3 Å². The maximum atomic E-state index is 11.1. The molecule has 0 atom stereocenters. The summed E-state index contributed by atoms with van der Waals surface area (Å²) in [6.07, 6.45) is 4.27. The first-order valence-corrected chi connectivity index (χ1v) is 7.87. The van der Waals surface area contributed by atoms with Crippen LogP contribution in [-0.2, 0) is 16.4 Å². The minimum atomic E-state index is -3.23. The molecule has 0 aliphatic rings. The molecule has 1 N–H and O–H groups in total. The Morgan fingerprint density at radius 3 is 2.63 bits per heavy atom. The molecule has 0 amide bonds. The first-order valence-electron chi connectivity index (χ1n) is 5.98. The van der Waals surface area contributed by atoms with Crippen LogP contribution in [-0.4, -0.2) is 52.4 Å². The summed E-state index contributed by atoms with van der Waals surface area (Å²) >= 11 is 0. The maximum absolute atomic E-state index is 11.1. The van der Waals surface area contributed by atoms with Crippen LogP contribution >= 0.6 is 0 Å². The summed E-state index contributed by atoms with van der Waals surface area (Å²) in [4.78, 5) is 0. The average molecular weight is 309 g/mol. The van der Waals surface area contributed by atoms with Gasteiger partial charge in [0.25, 0.3) is 0 Å². The van der Waals surface area contributed by atoms with E-state index in [2.05, 4.69) is 11.6 Å². The number of hydrogen-bond donors (Lipinski definition) is 1. The zero-order valence-electron chi connectivity index (χ0n) is 10.6. The molecule has 0 spiro atoms. The van der Waals surface area contributed by atoms with Crippen molar-refractivity contribution in [3.63, 3.8) is 0 Å². The Bertz CT molecular complexity index is 649. The molecular formula is C13H19CaNO3S. The van der Waals surface area contributed by atoms with Crippen LogP contribution in [0, 0.1) is 0 Å². The zero-order chi connectivity index (χ0) is 13.2. The van der Waals surface area contributed by atoms with Gasteiger partial charge in [-0.3, -0.25) is 4.72 Å². The number of rotatable bonds is 5. The second-order valence-electron chi connectivity index (χ2n) is 4.44. The fourth-order valence-corrected chi connectivity index (χ4v) is 2.41. The topological polar surface area (TPSA) is 59.3 Å². The molecule has 0 fully saturated rings. The standard InChI is InChI=1S/C13H17NO3S.Ca.2H/c1-3-4-5-12-9-10-8-11(14-18(2,15)16)6-7-13(10)17-12;;;/h6-9,14H,3-5H2,1-2H3;;;. The predicted molar refractivity (Wildman–Crippen MR) is 81.8 cm³/mol. The fourth-order valence-electron chi connectivity index (χ4n) is 1.85. The Morgan fingerprint density at radius 1 is 1.26 bits per heavy atom. The van der Waals surface area contributed by atoms with Crippen molar-refractivity contribution in [3.05, 3.63) is 30.0 Å². The molecule has 0 unspecified atom stereocenters. The molecule has 102 valence electrons. The van der Waals surface area contributed by atoms with Crippen molar-refractivity contribution in [2.24, 2.45) is 0 Å². The molecule has 1 heterocycles. The van der Waals surface area contributed by atoms with E-state index in [1.165, 1.54) is 0 Å². The number of hydrogen-bond acceptors (Lipinski definition) is 3. The molecule has 1 aromatic heterocycles. The van der Waals surface area contributed by atoms with Gasteiger partial charge in [0.2, 0.25) is 10.0 Å². The van der Waals surface area contributed by atoms with E-state index in [1.807, 2.05) is 6.07 Å². The molecule has 4 nitrogen and oxygen atoms in total. The summed E-state index contributed by atoms with van der Waals surface area (Å²) in [6.45, 7) is 2.14. The van der Waals surface area contributed by atoms with Gasteiger partial charge in [-0.2, -0.15) is 0 Å². The van der Waals surface area contributed by atoms with E-state index in [4.69, 9.17) is 4.42 Å². The predicted octanol–water partition coefficient (Wildman–Crippen LogP) is 2.23. The summed E-state index contributed by atoms with van der Waals surface area (Å²) < 4.78 is 30.4. The quantitative estimate of drug-likeness (QED) is 0.862. The molecule has 6 heteroatoms. The van der Waals surface area contributed by atoms with Crippen molar-refractivity contribution in [1.29, 1.82) is 0 Å². The van der Waals surface area contributed by atoms with Crippen LogP contribution in [0.4, 0.5) is 5.69 Å². The van der Waals surface area contributed by atoms with Gasteiger partial charge in [-0.05, 0) is 30.7 Å². The van der Waals surface area contributed by atoms with E-state index in [-0.39, 0.29) is 37.7 Å². The molecule has 2 rings (SSSR count). The Hall–Kier alpha value is -0.230. The van der Waals surface area contributed by atoms with Crippen molar-refractivity contribution in [1.82, 2.24) is 0 Å². The van der Waals surface area contributed by atoms with E-state index in [0.717, 1.165) is 42.2 Å². The molecular weight excluding hydrogens is 290 g/mol. The monoisotopic (exact) mass is 309 g/mol. The molecule has 0 bridgehead atoms. The third-order valence-electron chi connectivity index (χ3n) is 2.65. The first kappa shape index (κ1) is 16.8. The van der Waals surface area contributed by atoms with E-state index in [9.17, 15) is 8.42 Å². The van der Waals surface area contributed by atoms with Gasteiger partial charge in [-0.25, -0.2) is 8.42 Å². The summed E-state index contributed by atoms with van der Waals surface area (Å²) in [6, 6.07) is 7.25. The van der Waals surface area contributed by atoms with Gasteiger partial charge in [0, 0.05) is 17.5 Å². The number of fused-ring (bicyclic) bond motifs is 1. The Balaban J connectivity index is 0.00000180. The van der Waals surface area contributed by atoms with Crippen molar-refractivity contribution < 1.29 is 12.8 Å². The van der Waals surface area contributed by atoms with Gasteiger partial charge in [-0.15, -0.1) is 0 Å². The molecule has 2 aromatic rings. The Morgan fingerprint density at radius 2 is 2.00 bits per heavy atom. The molecule has 1 aromatic carbocycles. The van der Waals surface area contributed by atoms with Crippen LogP contribution in [0.3, 0.4) is 0 Å². The average Bonchev–Trinajstić information content (AvgIpc) is 2.66. The summed E-state index contributed by atoms with van der Waals surface area (Å²) in [5.41, 5.74) is 1.35. The molecule has 0 saturated carbocycles. The molecule has 0 aliphatic carbocycles. The number of benzene rings is 1. The molecule has 0 saturated heterocycles. The van der Waals surface area contributed by atoms with E-state index in [0.29, 0.717) is 5.69 Å². The van der Waals surface area contributed by atoms with Gasteiger partial charge < -0.3 is 4.42 Å². The Labute approximate surface area is 143 Å². The van der Waals surface area contributed by atoms with E-state index in [1.54, 1.807) is 18.2 Å². The second kappa shape index (κ2) is 6.97. The summed E-state index contributed by atoms with van der Waals surface area (Å²) in [5, 5.41) is 0.926. The number of sulfonamides is 1. The second-order valence-corrected chi connectivity index (χ2v) is 6.19. The van der Waals surface area contributed by atoms with Crippen LogP contribution in [0.25, 0.3) is 11.0 Å². The molecule has 0 aliphatic heterocycles. The van der Waals surface area contributed by atoms with Crippen LogP contribution in [0.2, 0.25) is 0 Å². The van der Waals surface area contributed by atoms with Crippen molar-refractivity contribution in [3.8, 4) is 0 Å². The third-order valence-corrected chi connectivity index (χ3v) is 3.25. The van der Waals surface area contributed by atoms with Crippen LogP contribution < -0.4 is 4.72 Å². The zero-order valence-corrected chi connectivity index (χ0v) is 11.4. The van der Waals surface area contributed by atoms with Gasteiger partial charge in [0.05, 0.1) is 6.26 Å². The number of nitrogens with one attached hydrogen (secondary N) is 1. The van der Waals surface area contributed by atoms with E-state index >= 15 is 0 Å². The molecule has 19 heavy (non-hydrogen) atoms. The first-order chi connectivity index (χ1) is 8.48. The van der Waals surface area contributed by atoms with Crippen molar-refractivity contribution in [2.75, 3.05) is 11.0 Å². The number of anilines is 1. The normalized spacial score (nSPS) is 11.3. The SMILES string of the molecule is CCCCc1cc2cc(NS(C)(=O)=O)ccc2o1.[CaH2]. The van der Waals surface area contributed by atoms with E-state index < -0.39 is 10.0 Å². The fraction of sp³-hybridized carbons (Fsp3) is 0.385. The van der Waals surface area contributed by atoms with Crippen LogP contribution in [0.1, 0.15) is 25.5 Å². The number of unbranched alkanes of at least 4 members (excludes halogenated alkanes) is 1. The van der Waals surface area contributed by atoms with Gasteiger partial charge in [0.1, 0.15) is 11.3 Å². The summed E-state index contributed by atoms with van der Waals surface area (Å²) in [5.74, 6) is 0.948. The Kier molecular flexibility index (Phi) is 6.17. The van der Waals surface area contributed by atoms with Crippen molar-refractivity contribution in [2.45, 2.75) is 26.2 Å². The number of aryl methyl sites for hydroxylation is 1. The van der Waals surface area contributed by atoms with Gasteiger partial charge in [0.15, 0.2) is 0 Å². The third kappa shape index (κ3) is 4.99. The minimum absolute atomic E-state index is 0. The summed E-state index contributed by atoms with van der Waals surface area (Å²) in [7, 11) is -3.23. The van der Waals surface area contributed by atoms with Crippen LogP contribution in [0.5, 0.6) is 0 Å². The van der Waals surface area contributed by atoms with Gasteiger partial charge >= 0.3 is 37.7 Å². The van der Waals surface area contributed by atoms with Crippen molar-refractivity contribution >= 4 is 64.4 Å². The molecule has 0 radical (unpaired) electrons. The van der Waals surface area contributed by atoms with Crippen LogP contribution in [0.15, 0.2) is 28.7 Å².